The van der Waals surface area contributed by atoms with E-state index in [9.17, 15) is 13.0 Å². The number of benzene rings is 2. The first kappa shape index (κ1) is 24.9. The fourth-order valence-corrected chi connectivity index (χ4v) is 4.94. The van der Waals surface area contributed by atoms with Crippen LogP contribution in [0.1, 0.15) is 102 Å². The van der Waals surface area contributed by atoms with E-state index in [4.69, 9.17) is 0 Å². The van der Waals surface area contributed by atoms with E-state index < -0.39 is 10.1 Å². The van der Waals surface area contributed by atoms with Crippen LogP contribution >= 0.6 is 0 Å². The molecule has 0 fully saturated rings. The van der Waals surface area contributed by atoms with E-state index in [1.54, 1.807) is 6.07 Å². The molecule has 0 amide bonds. The molecule has 0 saturated heterocycles. The Bertz CT molecular complexity index is 871. The van der Waals surface area contributed by atoms with Crippen LogP contribution in [0.4, 0.5) is 0 Å². The molecule has 2 rings (SSSR count). The highest BCUT2D eigenvalue weighted by atomic mass is 32.2. The van der Waals surface area contributed by atoms with Crippen molar-refractivity contribution in [2.75, 3.05) is 0 Å². The lowest BCUT2D eigenvalue weighted by molar-refractivity contribution is 0.482. The van der Waals surface area contributed by atoms with Crippen molar-refractivity contribution in [2.45, 2.75) is 109 Å². The van der Waals surface area contributed by atoms with Gasteiger partial charge in [-0.2, -0.15) is 8.42 Å². The van der Waals surface area contributed by atoms with Gasteiger partial charge in [-0.15, -0.1) is 0 Å². The smallest absolute Gasteiger partial charge is 0.282 e. The Morgan fingerprint density at radius 2 is 1.23 bits per heavy atom. The normalized spacial score (nSPS) is 12.0. The van der Waals surface area contributed by atoms with Crippen LogP contribution in [-0.2, 0) is 23.0 Å². The minimum Gasteiger partial charge on any atom is -0.282 e. The molecule has 0 bridgehead atoms. The zero-order valence-electron chi connectivity index (χ0n) is 19.0. The Labute approximate surface area is 184 Å². The van der Waals surface area contributed by atoms with Gasteiger partial charge < -0.3 is 0 Å². The second-order valence-electron chi connectivity index (χ2n) is 8.65. The van der Waals surface area contributed by atoms with Crippen molar-refractivity contribution in [3.05, 3.63) is 41.5 Å². The number of fused-ring (bicyclic) bond motifs is 1. The molecular formula is C26H40O3S. The molecule has 0 unspecified atom stereocenters. The third-order valence-corrected chi connectivity index (χ3v) is 6.92. The van der Waals surface area contributed by atoms with Crippen LogP contribution in [0.2, 0.25) is 0 Å². The van der Waals surface area contributed by atoms with Gasteiger partial charge in [0.25, 0.3) is 10.1 Å². The molecule has 0 aliphatic heterocycles. The van der Waals surface area contributed by atoms with Gasteiger partial charge in [-0.1, -0.05) is 96.3 Å². The maximum absolute atomic E-state index is 11.9. The molecule has 2 aromatic rings. The van der Waals surface area contributed by atoms with Gasteiger partial charge in [0.05, 0.1) is 4.90 Å². The molecule has 0 aliphatic carbocycles. The molecule has 0 aromatic heterocycles. The number of hydrogen-bond acceptors (Lipinski definition) is 2. The van der Waals surface area contributed by atoms with Gasteiger partial charge in [-0.25, -0.2) is 0 Å². The molecule has 0 saturated carbocycles. The fourth-order valence-electron chi connectivity index (χ4n) is 4.17. The monoisotopic (exact) mass is 432 g/mol. The van der Waals surface area contributed by atoms with E-state index in [2.05, 4.69) is 26.0 Å². The Morgan fingerprint density at radius 1 is 0.667 bits per heavy atom. The minimum absolute atomic E-state index is 0.0761. The lowest BCUT2D eigenvalue weighted by Crippen LogP contribution is -2.04. The Hall–Kier alpha value is -1.39. The molecule has 0 heterocycles. The van der Waals surface area contributed by atoms with Crippen molar-refractivity contribution in [3.8, 4) is 0 Å². The van der Waals surface area contributed by atoms with Gasteiger partial charge in [0.15, 0.2) is 0 Å². The van der Waals surface area contributed by atoms with E-state index in [1.807, 2.05) is 12.1 Å². The molecule has 0 spiro atoms. The maximum atomic E-state index is 11.9. The molecule has 4 heteroatoms. The van der Waals surface area contributed by atoms with Crippen molar-refractivity contribution in [1.29, 1.82) is 0 Å². The van der Waals surface area contributed by atoms with E-state index in [0.29, 0.717) is 6.42 Å². The largest absolute Gasteiger partial charge is 0.294 e. The topological polar surface area (TPSA) is 54.4 Å². The van der Waals surface area contributed by atoms with Crippen molar-refractivity contribution in [2.24, 2.45) is 0 Å². The molecule has 168 valence electrons. The van der Waals surface area contributed by atoms with Gasteiger partial charge in [0, 0.05) is 0 Å². The lowest BCUT2D eigenvalue weighted by Gasteiger charge is -2.11. The van der Waals surface area contributed by atoms with Crippen molar-refractivity contribution in [1.82, 2.24) is 0 Å². The molecule has 0 aliphatic rings. The van der Waals surface area contributed by atoms with Crippen LogP contribution in [0, 0.1) is 0 Å². The number of unbranched alkanes of at least 4 members (excludes halogenated alkanes) is 10. The summed E-state index contributed by atoms with van der Waals surface area (Å²) < 4.78 is 33.6. The summed E-state index contributed by atoms with van der Waals surface area (Å²) in [5.74, 6) is 0. The lowest BCUT2D eigenvalue weighted by atomic mass is 9.98. The quantitative estimate of drug-likeness (QED) is 0.230. The van der Waals surface area contributed by atoms with Gasteiger partial charge >= 0.3 is 0 Å². The average Bonchev–Trinajstić information content (AvgIpc) is 2.71. The maximum Gasteiger partial charge on any atom is 0.294 e. The number of rotatable bonds is 15. The van der Waals surface area contributed by atoms with Crippen LogP contribution in [0.25, 0.3) is 10.8 Å². The molecule has 0 radical (unpaired) electrons. The first-order chi connectivity index (χ1) is 14.5. The molecule has 0 atom stereocenters. The third kappa shape index (κ3) is 8.39. The zero-order chi connectivity index (χ0) is 21.8. The summed E-state index contributed by atoms with van der Waals surface area (Å²) in [6.07, 6.45) is 16.4. The first-order valence-electron chi connectivity index (χ1n) is 12.0. The number of aryl methyl sites for hydroxylation is 2. The highest BCUT2D eigenvalue weighted by Crippen LogP contribution is 2.27. The van der Waals surface area contributed by atoms with E-state index in [1.165, 1.54) is 69.8 Å². The van der Waals surface area contributed by atoms with Gasteiger partial charge in [-0.05, 0) is 59.7 Å². The summed E-state index contributed by atoms with van der Waals surface area (Å²) in [7, 11) is -4.21. The SMILES string of the molecule is CCCCCCCCc1ccc2cc(S(=O)(=O)O)c(CCCCCCCC)cc2c1. The van der Waals surface area contributed by atoms with Crippen molar-refractivity contribution >= 4 is 20.9 Å². The predicted octanol–water partition coefficient (Wildman–Crippen LogP) is 7.89. The first-order valence-corrected chi connectivity index (χ1v) is 13.4. The Kier molecular flexibility index (Phi) is 10.9. The zero-order valence-corrected chi connectivity index (χ0v) is 19.8. The molecule has 30 heavy (non-hydrogen) atoms. The molecule has 3 nitrogen and oxygen atoms in total. The van der Waals surface area contributed by atoms with Crippen LogP contribution < -0.4 is 0 Å². The fraction of sp³-hybridized carbons (Fsp3) is 0.615. The summed E-state index contributed by atoms with van der Waals surface area (Å²) in [6.45, 7) is 4.44. The van der Waals surface area contributed by atoms with Crippen LogP contribution in [-0.4, -0.2) is 13.0 Å². The van der Waals surface area contributed by atoms with E-state index in [0.717, 1.165) is 35.6 Å². The summed E-state index contributed by atoms with van der Waals surface area (Å²) >= 11 is 0. The summed E-state index contributed by atoms with van der Waals surface area (Å²) in [6, 6.07) is 9.90. The standard InChI is InChI=1S/C26H40O3S/c1-3-5-7-9-11-13-15-22-17-18-23-21-26(30(27,28)29)24(20-25(23)19-22)16-14-12-10-8-6-4-2/h17-21H,3-16H2,1-2H3,(H,27,28,29). The van der Waals surface area contributed by atoms with Crippen molar-refractivity contribution in [3.63, 3.8) is 0 Å². The predicted molar refractivity (Wildman–Crippen MR) is 128 cm³/mol. The van der Waals surface area contributed by atoms with Gasteiger partial charge in [-0.3, -0.25) is 4.55 Å². The Morgan fingerprint density at radius 3 is 1.83 bits per heavy atom. The van der Waals surface area contributed by atoms with E-state index >= 15 is 0 Å². The molecular weight excluding hydrogens is 392 g/mol. The van der Waals surface area contributed by atoms with Gasteiger partial charge in [0.2, 0.25) is 0 Å². The van der Waals surface area contributed by atoms with Crippen LogP contribution in [0.15, 0.2) is 35.2 Å². The summed E-state index contributed by atoms with van der Waals surface area (Å²) in [5, 5.41) is 1.95. The van der Waals surface area contributed by atoms with Crippen molar-refractivity contribution < 1.29 is 13.0 Å². The van der Waals surface area contributed by atoms with Crippen LogP contribution in [0.5, 0.6) is 0 Å². The number of hydrogen-bond donors (Lipinski definition) is 1. The van der Waals surface area contributed by atoms with Crippen LogP contribution in [0.3, 0.4) is 0 Å². The molecule has 2 aromatic carbocycles. The second kappa shape index (κ2) is 13.1. The summed E-state index contributed by atoms with van der Waals surface area (Å²) in [5.41, 5.74) is 2.06. The summed E-state index contributed by atoms with van der Waals surface area (Å²) in [4.78, 5) is 0.0761. The average molecular weight is 433 g/mol. The highest BCUT2D eigenvalue weighted by Gasteiger charge is 2.16. The third-order valence-electron chi connectivity index (χ3n) is 5.98. The Balaban J connectivity index is 2.07. The second-order valence-corrected chi connectivity index (χ2v) is 10.0. The molecule has 1 N–H and O–H groups in total. The minimum atomic E-state index is -4.21. The highest BCUT2D eigenvalue weighted by molar-refractivity contribution is 7.85. The van der Waals surface area contributed by atoms with Gasteiger partial charge in [0.1, 0.15) is 0 Å². The van der Waals surface area contributed by atoms with E-state index in [-0.39, 0.29) is 4.90 Å².